The Bertz CT molecular complexity index is 427. The van der Waals surface area contributed by atoms with E-state index in [0.717, 1.165) is 19.0 Å². The molecular weight excluding hydrogens is 232 g/mol. The molecule has 19 heavy (non-hydrogen) atoms. The lowest BCUT2D eigenvalue weighted by atomic mass is 9.98. The third-order valence-electron chi connectivity index (χ3n) is 4.80. The highest BCUT2D eigenvalue weighted by atomic mass is 15.1. The van der Waals surface area contributed by atoms with Crippen LogP contribution in [-0.4, -0.2) is 24.5 Å². The molecule has 2 aliphatic heterocycles. The number of likely N-dealkylation sites (tertiary alicyclic amines) is 1. The Labute approximate surface area is 117 Å². The average Bonchev–Trinajstić information content (AvgIpc) is 2.77. The molecule has 0 aliphatic carbocycles. The summed E-state index contributed by atoms with van der Waals surface area (Å²) in [5, 5.41) is 3.44. The third kappa shape index (κ3) is 3.11. The summed E-state index contributed by atoms with van der Waals surface area (Å²) in [5.41, 5.74) is 4.36. The number of hydrogen-bond donors (Lipinski definition) is 1. The van der Waals surface area contributed by atoms with Crippen LogP contribution in [0, 0.1) is 5.92 Å². The van der Waals surface area contributed by atoms with Gasteiger partial charge in [0.25, 0.3) is 0 Å². The Morgan fingerprint density at radius 2 is 2.21 bits per heavy atom. The molecule has 1 aromatic carbocycles. The number of hydrogen-bond acceptors (Lipinski definition) is 2. The normalized spacial score (nSPS) is 23.7. The molecule has 0 bridgehead atoms. The topological polar surface area (TPSA) is 15.3 Å². The van der Waals surface area contributed by atoms with Crippen LogP contribution in [0.15, 0.2) is 18.2 Å². The quantitative estimate of drug-likeness (QED) is 0.890. The van der Waals surface area contributed by atoms with Crippen molar-refractivity contribution in [3.63, 3.8) is 0 Å². The Balaban J connectivity index is 1.61. The molecule has 2 nitrogen and oxygen atoms in total. The highest BCUT2D eigenvalue weighted by molar-refractivity contribution is 5.56. The van der Waals surface area contributed by atoms with Crippen LogP contribution in [0.4, 0.5) is 5.69 Å². The molecule has 3 rings (SSSR count). The highest BCUT2D eigenvalue weighted by Gasteiger charge is 2.16. The van der Waals surface area contributed by atoms with Gasteiger partial charge in [-0.2, -0.15) is 0 Å². The van der Waals surface area contributed by atoms with Crippen LogP contribution in [0.2, 0.25) is 0 Å². The van der Waals surface area contributed by atoms with Gasteiger partial charge in [0.15, 0.2) is 0 Å². The Morgan fingerprint density at radius 1 is 1.26 bits per heavy atom. The molecule has 0 aromatic heterocycles. The molecule has 2 heterocycles. The Morgan fingerprint density at radius 3 is 3.11 bits per heavy atom. The van der Waals surface area contributed by atoms with Crippen LogP contribution < -0.4 is 5.32 Å². The Hall–Kier alpha value is -1.02. The van der Waals surface area contributed by atoms with E-state index in [-0.39, 0.29) is 0 Å². The molecule has 0 amide bonds. The van der Waals surface area contributed by atoms with Crippen LogP contribution in [0.1, 0.15) is 43.7 Å². The van der Waals surface area contributed by atoms with Gasteiger partial charge >= 0.3 is 0 Å². The lowest BCUT2D eigenvalue weighted by Gasteiger charge is -2.20. The third-order valence-corrected chi connectivity index (χ3v) is 4.80. The lowest BCUT2D eigenvalue weighted by molar-refractivity contribution is 0.272. The van der Waals surface area contributed by atoms with Crippen LogP contribution in [0.3, 0.4) is 0 Å². The zero-order valence-corrected chi connectivity index (χ0v) is 12.1. The number of rotatable bonds is 3. The second-order valence-corrected chi connectivity index (χ2v) is 6.15. The van der Waals surface area contributed by atoms with Crippen molar-refractivity contribution in [2.45, 2.75) is 45.6 Å². The van der Waals surface area contributed by atoms with E-state index < -0.39 is 0 Å². The standard InChI is InChI=1S/C17H26N2/c1-2-14-4-3-10-19(11-8-14)13-15-5-6-17-16(12-15)7-9-18-17/h5-6,12,14,18H,2-4,7-11,13H2,1H3. The first-order chi connectivity index (χ1) is 9.35. The molecule has 2 heteroatoms. The summed E-state index contributed by atoms with van der Waals surface area (Å²) in [6.07, 6.45) is 6.76. The van der Waals surface area contributed by atoms with E-state index in [2.05, 4.69) is 35.3 Å². The van der Waals surface area contributed by atoms with Crippen LogP contribution in [0.5, 0.6) is 0 Å². The molecule has 1 atom stereocenters. The van der Waals surface area contributed by atoms with Crippen molar-refractivity contribution in [3.05, 3.63) is 29.3 Å². The van der Waals surface area contributed by atoms with Gasteiger partial charge in [-0.25, -0.2) is 0 Å². The summed E-state index contributed by atoms with van der Waals surface area (Å²) in [7, 11) is 0. The lowest BCUT2D eigenvalue weighted by Crippen LogP contribution is -2.24. The first-order valence-electron chi connectivity index (χ1n) is 7.93. The van der Waals surface area contributed by atoms with Crippen LogP contribution >= 0.6 is 0 Å². The summed E-state index contributed by atoms with van der Waals surface area (Å²) in [5.74, 6) is 0.967. The van der Waals surface area contributed by atoms with Gasteiger partial charge in [0.2, 0.25) is 0 Å². The van der Waals surface area contributed by atoms with Crippen molar-refractivity contribution in [2.75, 3.05) is 25.0 Å². The number of fused-ring (bicyclic) bond motifs is 1. The minimum absolute atomic E-state index is 0.967. The fourth-order valence-corrected chi connectivity index (χ4v) is 3.51. The minimum Gasteiger partial charge on any atom is -0.384 e. The minimum atomic E-state index is 0.967. The molecule has 1 N–H and O–H groups in total. The predicted octanol–water partition coefficient (Wildman–Crippen LogP) is 3.67. The van der Waals surface area contributed by atoms with Gasteiger partial charge in [-0.1, -0.05) is 25.5 Å². The summed E-state index contributed by atoms with van der Waals surface area (Å²) in [6.45, 7) is 7.16. The first-order valence-corrected chi connectivity index (χ1v) is 7.93. The number of benzene rings is 1. The molecule has 0 spiro atoms. The summed E-state index contributed by atoms with van der Waals surface area (Å²) in [6, 6.07) is 6.99. The molecular formula is C17H26N2. The van der Waals surface area contributed by atoms with E-state index in [0.29, 0.717) is 0 Å². The van der Waals surface area contributed by atoms with Gasteiger partial charge in [-0.15, -0.1) is 0 Å². The van der Waals surface area contributed by atoms with E-state index >= 15 is 0 Å². The second-order valence-electron chi connectivity index (χ2n) is 6.15. The van der Waals surface area contributed by atoms with Crippen molar-refractivity contribution in [3.8, 4) is 0 Å². The first kappa shape index (κ1) is 13.0. The van der Waals surface area contributed by atoms with E-state index in [1.54, 1.807) is 0 Å². The number of anilines is 1. The monoisotopic (exact) mass is 258 g/mol. The molecule has 0 saturated carbocycles. The SMILES string of the molecule is CCC1CCCN(Cc2ccc3c(c2)CCN3)CC1. The molecule has 1 saturated heterocycles. The van der Waals surface area contributed by atoms with E-state index in [4.69, 9.17) is 0 Å². The van der Waals surface area contributed by atoms with Crippen molar-refractivity contribution in [1.29, 1.82) is 0 Å². The summed E-state index contributed by atoms with van der Waals surface area (Å²) < 4.78 is 0. The zero-order chi connectivity index (χ0) is 13.1. The molecule has 0 radical (unpaired) electrons. The molecule has 1 aromatic rings. The van der Waals surface area contributed by atoms with E-state index in [1.807, 2.05) is 0 Å². The van der Waals surface area contributed by atoms with E-state index in [9.17, 15) is 0 Å². The highest BCUT2D eigenvalue weighted by Crippen LogP contribution is 2.25. The predicted molar refractivity (Wildman–Crippen MR) is 81.5 cm³/mol. The van der Waals surface area contributed by atoms with Gasteiger partial charge in [-0.05, 0) is 61.9 Å². The maximum atomic E-state index is 3.44. The van der Waals surface area contributed by atoms with Gasteiger partial charge in [0.1, 0.15) is 0 Å². The van der Waals surface area contributed by atoms with Crippen molar-refractivity contribution < 1.29 is 0 Å². The van der Waals surface area contributed by atoms with E-state index in [1.165, 1.54) is 62.0 Å². The summed E-state index contributed by atoms with van der Waals surface area (Å²) >= 11 is 0. The van der Waals surface area contributed by atoms with Crippen LogP contribution in [0.25, 0.3) is 0 Å². The zero-order valence-electron chi connectivity index (χ0n) is 12.1. The van der Waals surface area contributed by atoms with Crippen molar-refractivity contribution in [2.24, 2.45) is 5.92 Å². The van der Waals surface area contributed by atoms with Crippen molar-refractivity contribution in [1.82, 2.24) is 4.90 Å². The fourth-order valence-electron chi connectivity index (χ4n) is 3.51. The maximum Gasteiger partial charge on any atom is 0.0373 e. The maximum absolute atomic E-state index is 3.44. The summed E-state index contributed by atoms with van der Waals surface area (Å²) in [4.78, 5) is 2.65. The smallest absolute Gasteiger partial charge is 0.0373 e. The molecule has 1 fully saturated rings. The van der Waals surface area contributed by atoms with Gasteiger partial charge in [-0.3, -0.25) is 4.90 Å². The average molecular weight is 258 g/mol. The van der Waals surface area contributed by atoms with Crippen LogP contribution in [-0.2, 0) is 13.0 Å². The molecule has 2 aliphatic rings. The number of nitrogens with zero attached hydrogens (tertiary/aromatic N) is 1. The van der Waals surface area contributed by atoms with Gasteiger partial charge in [0.05, 0.1) is 0 Å². The molecule has 104 valence electrons. The van der Waals surface area contributed by atoms with Crippen molar-refractivity contribution >= 4 is 5.69 Å². The van der Waals surface area contributed by atoms with Gasteiger partial charge in [0, 0.05) is 18.8 Å². The fraction of sp³-hybridized carbons (Fsp3) is 0.647. The molecule has 1 unspecified atom stereocenters. The second kappa shape index (κ2) is 5.96. The Kier molecular flexibility index (Phi) is 4.07. The van der Waals surface area contributed by atoms with Gasteiger partial charge < -0.3 is 5.32 Å². The largest absolute Gasteiger partial charge is 0.384 e. The number of nitrogens with one attached hydrogen (secondary N) is 1.